The Kier molecular flexibility index (Phi) is 4.90. The molecule has 1 atom stereocenters. The first kappa shape index (κ1) is 15.9. The Balaban J connectivity index is 2.00. The maximum Gasteiger partial charge on any atom is 0.227 e. The van der Waals surface area contributed by atoms with Crippen LogP contribution in [0.1, 0.15) is 31.2 Å². The molecule has 6 heteroatoms. The number of hydrogen-bond acceptors (Lipinski definition) is 3. The number of rotatable bonds is 4. The second-order valence-electron chi connectivity index (χ2n) is 5.41. The molecule has 1 fully saturated rings. The lowest BCUT2D eigenvalue weighted by molar-refractivity contribution is -0.125. The van der Waals surface area contributed by atoms with Crippen LogP contribution in [0.15, 0.2) is 18.2 Å². The minimum absolute atomic E-state index is 0.0512. The Hall–Kier alpha value is -1.53. The van der Waals surface area contributed by atoms with Gasteiger partial charge in [0.1, 0.15) is 11.6 Å². The van der Waals surface area contributed by atoms with Gasteiger partial charge in [-0.05, 0) is 19.1 Å². The summed E-state index contributed by atoms with van der Waals surface area (Å²) in [6.07, 6.45) is 0.853. The van der Waals surface area contributed by atoms with E-state index in [1.165, 1.54) is 13.0 Å². The van der Waals surface area contributed by atoms with Crippen LogP contribution in [0.3, 0.4) is 0 Å². The fourth-order valence-electron chi connectivity index (χ4n) is 2.39. The van der Waals surface area contributed by atoms with E-state index in [9.17, 15) is 18.7 Å². The van der Waals surface area contributed by atoms with Gasteiger partial charge in [0.25, 0.3) is 0 Å². The van der Waals surface area contributed by atoms with Crippen molar-refractivity contribution in [1.82, 2.24) is 5.32 Å². The molecule has 0 spiro atoms. The van der Waals surface area contributed by atoms with Crippen molar-refractivity contribution in [3.05, 3.63) is 35.4 Å². The second kappa shape index (κ2) is 6.49. The number of amides is 1. The first-order valence-electron chi connectivity index (χ1n) is 6.95. The average Bonchev–Trinajstić information content (AvgIpc) is 2.45. The van der Waals surface area contributed by atoms with E-state index < -0.39 is 29.1 Å². The predicted octanol–water partition coefficient (Wildman–Crippen LogP) is 1.73. The SMILES string of the molecule is CC(C(=O)NCC1(O)CCOCC1)c1c(F)cccc1F. The van der Waals surface area contributed by atoms with Gasteiger partial charge in [-0.3, -0.25) is 4.79 Å². The molecule has 21 heavy (non-hydrogen) atoms. The van der Waals surface area contributed by atoms with Crippen LogP contribution in [0, 0.1) is 11.6 Å². The molecular weight excluding hydrogens is 280 g/mol. The smallest absolute Gasteiger partial charge is 0.227 e. The number of ether oxygens (including phenoxy) is 1. The number of aliphatic hydroxyl groups is 1. The summed E-state index contributed by atoms with van der Waals surface area (Å²) in [6, 6.07) is 3.49. The summed E-state index contributed by atoms with van der Waals surface area (Å²) in [5, 5.41) is 12.8. The topological polar surface area (TPSA) is 58.6 Å². The van der Waals surface area contributed by atoms with Gasteiger partial charge in [-0.1, -0.05) is 6.07 Å². The molecule has 0 aliphatic carbocycles. The zero-order valence-corrected chi connectivity index (χ0v) is 11.9. The molecule has 0 saturated carbocycles. The Bertz CT molecular complexity index is 495. The molecule has 0 radical (unpaired) electrons. The quantitative estimate of drug-likeness (QED) is 0.890. The van der Waals surface area contributed by atoms with E-state index in [0.717, 1.165) is 12.1 Å². The molecule has 1 amide bonds. The minimum atomic E-state index is -1.01. The number of carbonyl (C=O) groups is 1. The molecule has 0 aromatic heterocycles. The number of nitrogens with one attached hydrogen (secondary N) is 1. The van der Waals surface area contributed by atoms with Gasteiger partial charge < -0.3 is 15.2 Å². The molecule has 1 unspecified atom stereocenters. The zero-order valence-electron chi connectivity index (χ0n) is 11.9. The minimum Gasteiger partial charge on any atom is -0.388 e. The van der Waals surface area contributed by atoms with Crippen molar-refractivity contribution in [2.45, 2.75) is 31.3 Å². The molecule has 4 nitrogen and oxygen atoms in total. The molecule has 2 N–H and O–H groups in total. The Labute approximate surface area is 122 Å². The van der Waals surface area contributed by atoms with Crippen LogP contribution >= 0.6 is 0 Å². The van der Waals surface area contributed by atoms with Crippen molar-refractivity contribution in [2.75, 3.05) is 19.8 Å². The van der Waals surface area contributed by atoms with Crippen LogP contribution in [-0.4, -0.2) is 36.4 Å². The summed E-state index contributed by atoms with van der Waals surface area (Å²) >= 11 is 0. The van der Waals surface area contributed by atoms with Gasteiger partial charge >= 0.3 is 0 Å². The highest BCUT2D eigenvalue weighted by molar-refractivity contribution is 5.83. The Morgan fingerprint density at radius 3 is 2.52 bits per heavy atom. The van der Waals surface area contributed by atoms with E-state index in [4.69, 9.17) is 4.74 Å². The van der Waals surface area contributed by atoms with Crippen molar-refractivity contribution >= 4 is 5.91 Å². The monoisotopic (exact) mass is 299 g/mol. The van der Waals surface area contributed by atoms with E-state index in [1.807, 2.05) is 0 Å². The normalized spacial score (nSPS) is 19.0. The van der Waals surface area contributed by atoms with Crippen molar-refractivity contribution < 1.29 is 23.4 Å². The highest BCUT2D eigenvalue weighted by atomic mass is 19.1. The van der Waals surface area contributed by atoms with Crippen LogP contribution in [-0.2, 0) is 9.53 Å². The fourth-order valence-corrected chi connectivity index (χ4v) is 2.39. The molecule has 1 saturated heterocycles. The highest BCUT2D eigenvalue weighted by Crippen LogP contribution is 2.23. The van der Waals surface area contributed by atoms with Crippen LogP contribution < -0.4 is 5.32 Å². The van der Waals surface area contributed by atoms with Gasteiger partial charge in [0.05, 0.1) is 11.5 Å². The van der Waals surface area contributed by atoms with Gasteiger partial charge in [0.2, 0.25) is 5.91 Å². The summed E-state index contributed by atoms with van der Waals surface area (Å²) in [5.74, 6) is -2.97. The van der Waals surface area contributed by atoms with Crippen LogP contribution in [0.4, 0.5) is 8.78 Å². The summed E-state index contributed by atoms with van der Waals surface area (Å²) in [4.78, 5) is 12.0. The van der Waals surface area contributed by atoms with Crippen molar-refractivity contribution in [1.29, 1.82) is 0 Å². The molecule has 1 heterocycles. The third-order valence-corrected chi connectivity index (χ3v) is 3.84. The largest absolute Gasteiger partial charge is 0.388 e. The molecule has 1 aliphatic heterocycles. The van der Waals surface area contributed by atoms with Gasteiger partial charge in [-0.2, -0.15) is 0 Å². The van der Waals surface area contributed by atoms with E-state index in [-0.39, 0.29) is 12.1 Å². The van der Waals surface area contributed by atoms with E-state index in [0.29, 0.717) is 26.1 Å². The van der Waals surface area contributed by atoms with Gasteiger partial charge in [0, 0.05) is 38.2 Å². The van der Waals surface area contributed by atoms with Gasteiger partial charge in [-0.15, -0.1) is 0 Å². The third-order valence-electron chi connectivity index (χ3n) is 3.84. The van der Waals surface area contributed by atoms with Gasteiger partial charge in [-0.25, -0.2) is 8.78 Å². The lowest BCUT2D eigenvalue weighted by Crippen LogP contribution is -2.47. The zero-order chi connectivity index (χ0) is 15.5. The Morgan fingerprint density at radius 1 is 1.38 bits per heavy atom. The van der Waals surface area contributed by atoms with Crippen molar-refractivity contribution in [3.8, 4) is 0 Å². The average molecular weight is 299 g/mol. The highest BCUT2D eigenvalue weighted by Gasteiger charge is 2.31. The lowest BCUT2D eigenvalue weighted by Gasteiger charge is -2.32. The lowest BCUT2D eigenvalue weighted by atomic mass is 9.93. The molecule has 1 aromatic rings. The van der Waals surface area contributed by atoms with Crippen LogP contribution in [0.2, 0.25) is 0 Å². The number of hydrogen-bond donors (Lipinski definition) is 2. The summed E-state index contributed by atoms with van der Waals surface area (Å²) in [5.41, 5.74) is -1.27. The number of halogens is 2. The maximum absolute atomic E-state index is 13.6. The first-order chi connectivity index (χ1) is 9.93. The van der Waals surface area contributed by atoms with E-state index >= 15 is 0 Å². The van der Waals surface area contributed by atoms with Crippen molar-refractivity contribution in [2.24, 2.45) is 0 Å². The standard InChI is InChI=1S/C15H19F2NO3/c1-10(13-11(16)3-2-4-12(13)17)14(19)18-9-15(20)5-7-21-8-6-15/h2-4,10,20H,5-9H2,1H3,(H,18,19). The van der Waals surface area contributed by atoms with Crippen LogP contribution in [0.5, 0.6) is 0 Å². The first-order valence-corrected chi connectivity index (χ1v) is 6.95. The molecule has 1 aromatic carbocycles. The van der Waals surface area contributed by atoms with Crippen molar-refractivity contribution in [3.63, 3.8) is 0 Å². The molecule has 2 rings (SSSR count). The molecule has 0 bridgehead atoms. The van der Waals surface area contributed by atoms with E-state index in [1.54, 1.807) is 0 Å². The summed E-state index contributed by atoms with van der Waals surface area (Å²) < 4.78 is 32.4. The number of carbonyl (C=O) groups excluding carboxylic acids is 1. The Morgan fingerprint density at radius 2 is 1.95 bits per heavy atom. The second-order valence-corrected chi connectivity index (χ2v) is 5.41. The molecule has 1 aliphatic rings. The third kappa shape index (κ3) is 3.77. The number of benzene rings is 1. The van der Waals surface area contributed by atoms with E-state index in [2.05, 4.69) is 5.32 Å². The summed E-state index contributed by atoms with van der Waals surface area (Å²) in [7, 11) is 0. The predicted molar refractivity (Wildman–Crippen MR) is 72.8 cm³/mol. The molecular formula is C15H19F2NO3. The molecule has 116 valence electrons. The van der Waals surface area contributed by atoms with Crippen LogP contribution in [0.25, 0.3) is 0 Å². The summed E-state index contributed by atoms with van der Waals surface area (Å²) in [6.45, 7) is 2.36. The van der Waals surface area contributed by atoms with Gasteiger partial charge in [0.15, 0.2) is 0 Å². The fraction of sp³-hybridized carbons (Fsp3) is 0.533. The maximum atomic E-state index is 13.6.